The zero-order valence-electron chi connectivity index (χ0n) is 19.1. The van der Waals surface area contributed by atoms with E-state index in [0.717, 1.165) is 0 Å². The van der Waals surface area contributed by atoms with Crippen LogP contribution in [-0.4, -0.2) is 85.2 Å². The fourth-order valence-corrected chi connectivity index (χ4v) is 2.93. The van der Waals surface area contributed by atoms with E-state index in [1.807, 2.05) is 0 Å². The van der Waals surface area contributed by atoms with E-state index < -0.39 is 66.4 Å². The zero-order valence-corrected chi connectivity index (χ0v) is 19.1. The van der Waals surface area contributed by atoms with E-state index >= 15 is 0 Å². The van der Waals surface area contributed by atoms with Crippen molar-refractivity contribution in [3.8, 4) is 0 Å². The number of carboxylic acid groups (broad SMARTS) is 2. The summed E-state index contributed by atoms with van der Waals surface area (Å²) in [5.74, 6) is -5.58. The van der Waals surface area contributed by atoms with E-state index in [4.69, 9.17) is 5.73 Å². The molecule has 0 aliphatic rings. The van der Waals surface area contributed by atoms with Crippen molar-refractivity contribution in [2.45, 2.75) is 70.3 Å². The first-order valence-corrected chi connectivity index (χ1v) is 10.6. The summed E-state index contributed by atoms with van der Waals surface area (Å²) >= 11 is 0. The van der Waals surface area contributed by atoms with Crippen molar-refractivity contribution in [3.63, 3.8) is 0 Å². The van der Waals surface area contributed by atoms with Crippen molar-refractivity contribution >= 4 is 29.7 Å². The van der Waals surface area contributed by atoms with Crippen molar-refractivity contribution in [1.82, 2.24) is 25.9 Å². The van der Waals surface area contributed by atoms with Crippen LogP contribution in [-0.2, 0) is 30.4 Å². The number of carbonyl (C=O) groups excluding carboxylic acids is 3. The third-order valence-corrected chi connectivity index (χ3v) is 4.77. The van der Waals surface area contributed by atoms with E-state index in [1.165, 1.54) is 19.4 Å². The Balaban J connectivity index is 3.07. The minimum atomic E-state index is -1.62. The lowest BCUT2D eigenvalue weighted by atomic mass is 10.0. The molecule has 5 unspecified atom stereocenters. The molecule has 0 aliphatic heterocycles. The number of carbonyl (C=O) groups is 5. The van der Waals surface area contributed by atoms with Crippen LogP contribution >= 0.6 is 0 Å². The van der Waals surface area contributed by atoms with Gasteiger partial charge >= 0.3 is 11.9 Å². The van der Waals surface area contributed by atoms with Crippen molar-refractivity contribution in [2.24, 2.45) is 11.7 Å². The number of imidazole rings is 1. The number of rotatable bonds is 14. The zero-order chi connectivity index (χ0) is 26.0. The van der Waals surface area contributed by atoms with Crippen molar-refractivity contribution in [2.75, 3.05) is 0 Å². The first kappa shape index (κ1) is 28.5. The number of aliphatic hydroxyl groups excluding tert-OH is 1. The number of hydrogen-bond donors (Lipinski definition) is 8. The first-order valence-electron chi connectivity index (χ1n) is 10.6. The molecule has 0 fully saturated rings. The maximum atomic E-state index is 12.9. The Kier molecular flexibility index (Phi) is 11.1. The molecule has 9 N–H and O–H groups in total. The van der Waals surface area contributed by atoms with Gasteiger partial charge in [0.2, 0.25) is 17.7 Å². The maximum Gasteiger partial charge on any atom is 0.326 e. The predicted molar refractivity (Wildman–Crippen MR) is 117 cm³/mol. The van der Waals surface area contributed by atoms with Gasteiger partial charge in [-0.3, -0.25) is 19.2 Å². The van der Waals surface area contributed by atoms with E-state index in [1.54, 1.807) is 13.8 Å². The van der Waals surface area contributed by atoms with Crippen LogP contribution in [0.5, 0.6) is 0 Å². The Morgan fingerprint density at radius 3 is 2.00 bits per heavy atom. The normalized spacial score (nSPS) is 15.5. The largest absolute Gasteiger partial charge is 0.481 e. The number of amides is 3. The van der Waals surface area contributed by atoms with Crippen molar-refractivity contribution in [1.29, 1.82) is 0 Å². The molecule has 1 rings (SSSR count). The van der Waals surface area contributed by atoms with Gasteiger partial charge in [-0.2, -0.15) is 0 Å². The number of nitrogens with zero attached hydrogens (tertiary/aromatic N) is 1. The first-order chi connectivity index (χ1) is 15.8. The quantitative estimate of drug-likeness (QED) is 0.141. The summed E-state index contributed by atoms with van der Waals surface area (Å²) in [5.41, 5.74) is 6.05. The maximum absolute atomic E-state index is 12.9. The molecule has 0 aromatic carbocycles. The Hall–Kier alpha value is -3.52. The molecular formula is C20H32N6O8. The molecule has 3 amide bonds. The number of nitrogens with two attached hydrogens (primary N) is 1. The number of aromatic amines is 1. The lowest BCUT2D eigenvalue weighted by Crippen LogP contribution is -2.59. The Morgan fingerprint density at radius 1 is 0.971 bits per heavy atom. The molecule has 0 saturated heterocycles. The van der Waals surface area contributed by atoms with Gasteiger partial charge in [-0.1, -0.05) is 13.8 Å². The summed E-state index contributed by atoms with van der Waals surface area (Å²) in [7, 11) is 0. The molecule has 0 spiro atoms. The Morgan fingerprint density at radius 2 is 1.53 bits per heavy atom. The Labute approximate surface area is 195 Å². The molecule has 0 bridgehead atoms. The van der Waals surface area contributed by atoms with E-state index in [0.29, 0.717) is 5.69 Å². The number of nitrogens with one attached hydrogen (secondary N) is 4. The topological polar surface area (TPSA) is 237 Å². The number of aliphatic carboxylic acids is 2. The van der Waals surface area contributed by atoms with Crippen LogP contribution in [0.25, 0.3) is 0 Å². The van der Waals surface area contributed by atoms with Crippen LogP contribution in [0.1, 0.15) is 39.3 Å². The van der Waals surface area contributed by atoms with Crippen LogP contribution < -0.4 is 21.7 Å². The van der Waals surface area contributed by atoms with Gasteiger partial charge in [-0.05, 0) is 19.3 Å². The van der Waals surface area contributed by atoms with Gasteiger partial charge in [0, 0.05) is 18.3 Å². The molecule has 5 atom stereocenters. The van der Waals surface area contributed by atoms with Gasteiger partial charge in [-0.15, -0.1) is 0 Å². The third kappa shape index (κ3) is 9.54. The molecule has 1 aromatic heterocycles. The highest BCUT2D eigenvalue weighted by Crippen LogP contribution is 2.07. The average Bonchev–Trinajstić information content (AvgIpc) is 3.23. The van der Waals surface area contributed by atoms with Crippen LogP contribution in [0.3, 0.4) is 0 Å². The number of aliphatic hydroxyl groups is 1. The van der Waals surface area contributed by atoms with Gasteiger partial charge in [0.05, 0.1) is 18.9 Å². The molecular weight excluding hydrogens is 452 g/mol. The molecule has 14 nitrogen and oxygen atoms in total. The minimum absolute atomic E-state index is 0.0824. The molecule has 0 aliphatic carbocycles. The van der Waals surface area contributed by atoms with Crippen LogP contribution in [0.4, 0.5) is 0 Å². The smallest absolute Gasteiger partial charge is 0.326 e. The fourth-order valence-electron chi connectivity index (χ4n) is 2.93. The second-order valence-electron chi connectivity index (χ2n) is 8.30. The lowest BCUT2D eigenvalue weighted by Gasteiger charge is -2.25. The number of carboxylic acids is 2. The average molecular weight is 485 g/mol. The predicted octanol–water partition coefficient (Wildman–Crippen LogP) is -2.28. The molecule has 190 valence electrons. The monoisotopic (exact) mass is 484 g/mol. The van der Waals surface area contributed by atoms with Gasteiger partial charge in [0.15, 0.2) is 0 Å². The van der Waals surface area contributed by atoms with E-state index in [2.05, 4.69) is 25.9 Å². The molecule has 0 radical (unpaired) electrons. The van der Waals surface area contributed by atoms with Crippen LogP contribution in [0.2, 0.25) is 0 Å². The van der Waals surface area contributed by atoms with Crippen molar-refractivity contribution in [3.05, 3.63) is 18.2 Å². The summed E-state index contributed by atoms with van der Waals surface area (Å²) in [6, 6.07) is -5.56. The highest BCUT2D eigenvalue weighted by molar-refractivity contribution is 5.95. The van der Waals surface area contributed by atoms with Gasteiger partial charge < -0.3 is 42.0 Å². The molecule has 1 heterocycles. The van der Waals surface area contributed by atoms with E-state index in [9.17, 15) is 39.3 Å². The summed E-state index contributed by atoms with van der Waals surface area (Å²) in [4.78, 5) is 67.2. The second-order valence-corrected chi connectivity index (χ2v) is 8.30. The van der Waals surface area contributed by atoms with Crippen LogP contribution in [0, 0.1) is 5.92 Å². The number of hydrogen-bond acceptors (Lipinski definition) is 8. The van der Waals surface area contributed by atoms with Crippen LogP contribution in [0.15, 0.2) is 12.5 Å². The molecule has 1 aromatic rings. The van der Waals surface area contributed by atoms with Crippen molar-refractivity contribution < 1.29 is 39.3 Å². The molecule has 34 heavy (non-hydrogen) atoms. The molecule has 0 saturated carbocycles. The standard InChI is InChI=1S/C20H32N6O8/c1-9(2)4-14(20(33)34)26-18(31)13(6-15(28)29)24-17(30)12(5-11-7-22-8-23-11)25-19(32)16(21)10(3)27/h7-10,12-14,16,27H,4-6,21H2,1-3H3,(H,22,23)(H,24,30)(H,25,32)(H,26,31)(H,28,29)(H,33,34). The van der Waals surface area contributed by atoms with Gasteiger partial charge in [0.25, 0.3) is 0 Å². The fraction of sp³-hybridized carbons (Fsp3) is 0.600. The highest BCUT2D eigenvalue weighted by atomic mass is 16.4. The lowest BCUT2D eigenvalue weighted by molar-refractivity contribution is -0.144. The van der Waals surface area contributed by atoms with Gasteiger partial charge in [0.1, 0.15) is 24.2 Å². The van der Waals surface area contributed by atoms with E-state index in [-0.39, 0.29) is 18.8 Å². The third-order valence-electron chi connectivity index (χ3n) is 4.77. The number of aromatic nitrogens is 2. The second kappa shape index (κ2) is 13.3. The minimum Gasteiger partial charge on any atom is -0.481 e. The van der Waals surface area contributed by atoms with Gasteiger partial charge in [-0.25, -0.2) is 9.78 Å². The SMILES string of the molecule is CC(C)CC(NC(=O)C(CC(=O)O)NC(=O)C(Cc1cnc[nH]1)NC(=O)C(N)C(C)O)C(=O)O. The molecule has 14 heteroatoms. The summed E-state index contributed by atoms with van der Waals surface area (Å²) in [5, 5.41) is 34.9. The number of H-pyrrole nitrogens is 1. The Bertz CT molecular complexity index is 857. The summed E-state index contributed by atoms with van der Waals surface area (Å²) in [6.45, 7) is 4.79. The summed E-state index contributed by atoms with van der Waals surface area (Å²) < 4.78 is 0. The summed E-state index contributed by atoms with van der Waals surface area (Å²) in [6.07, 6.45) is 0.668. The highest BCUT2D eigenvalue weighted by Gasteiger charge is 2.32.